The number of hydrogen-bond donors (Lipinski definition) is 1. The summed E-state index contributed by atoms with van der Waals surface area (Å²) < 4.78 is 0. The molecule has 1 fully saturated rings. The van der Waals surface area contributed by atoms with E-state index in [0.717, 1.165) is 18.1 Å². The van der Waals surface area contributed by atoms with Gasteiger partial charge in [-0.25, -0.2) is 0 Å². The second-order valence-corrected chi connectivity index (χ2v) is 5.30. The van der Waals surface area contributed by atoms with Crippen molar-refractivity contribution >= 4 is 11.6 Å². The molecule has 1 aromatic heterocycles. The molecule has 2 aromatic rings. The van der Waals surface area contributed by atoms with Crippen molar-refractivity contribution in [1.29, 1.82) is 0 Å². The van der Waals surface area contributed by atoms with Gasteiger partial charge in [0.1, 0.15) is 6.04 Å². The van der Waals surface area contributed by atoms with Crippen molar-refractivity contribution in [2.75, 3.05) is 13.1 Å². The molecule has 0 saturated carbocycles. The minimum atomic E-state index is 0.118. The lowest BCUT2D eigenvalue weighted by Crippen LogP contribution is -2.36. The lowest BCUT2D eigenvalue weighted by molar-refractivity contribution is 0.261. The topological polar surface area (TPSA) is 55.6 Å². The lowest BCUT2D eigenvalue weighted by atomic mass is 9.87. The average Bonchev–Trinajstić information content (AvgIpc) is 2.96. The first-order valence-corrected chi connectivity index (χ1v) is 6.91. The summed E-state index contributed by atoms with van der Waals surface area (Å²) in [6, 6.07) is 8.04. The third-order valence-electron chi connectivity index (χ3n) is 3.61. The molecule has 1 aliphatic heterocycles. The standard InChI is InChI=1S/C13H16ClN5/c14-12-5-3-10(4-6-12)13(19-17-9-16-18-19)11-2-1-7-15-8-11/h3-6,9,11,13,15H,1-2,7-8H2/t11?,13-/m0/s1. The Morgan fingerprint density at radius 1 is 1.32 bits per heavy atom. The van der Waals surface area contributed by atoms with Crippen LogP contribution in [0.1, 0.15) is 24.4 Å². The molecular weight excluding hydrogens is 262 g/mol. The average molecular weight is 278 g/mol. The van der Waals surface area contributed by atoms with Gasteiger partial charge in [-0.15, -0.1) is 10.2 Å². The maximum Gasteiger partial charge on any atom is 0.162 e. The van der Waals surface area contributed by atoms with E-state index in [1.807, 2.05) is 24.3 Å². The number of halogens is 1. The zero-order valence-corrected chi connectivity index (χ0v) is 11.3. The number of hydrogen-bond acceptors (Lipinski definition) is 4. The maximum absolute atomic E-state index is 5.96. The third-order valence-corrected chi connectivity index (χ3v) is 3.86. The molecular formula is C13H16ClN5. The molecule has 100 valence electrons. The van der Waals surface area contributed by atoms with Crippen LogP contribution < -0.4 is 5.32 Å². The van der Waals surface area contributed by atoms with Crippen LogP contribution >= 0.6 is 11.6 Å². The zero-order valence-electron chi connectivity index (χ0n) is 10.5. The Kier molecular flexibility index (Phi) is 3.75. The predicted molar refractivity (Wildman–Crippen MR) is 73.0 cm³/mol. The molecule has 3 rings (SSSR count). The van der Waals surface area contributed by atoms with Crippen molar-refractivity contribution in [3.63, 3.8) is 0 Å². The van der Waals surface area contributed by atoms with Gasteiger partial charge >= 0.3 is 0 Å². The highest BCUT2D eigenvalue weighted by Crippen LogP contribution is 2.30. The van der Waals surface area contributed by atoms with Crippen LogP contribution in [0.5, 0.6) is 0 Å². The molecule has 0 bridgehead atoms. The van der Waals surface area contributed by atoms with Crippen molar-refractivity contribution in [3.05, 3.63) is 41.2 Å². The van der Waals surface area contributed by atoms with E-state index in [9.17, 15) is 0 Å². The fourth-order valence-corrected chi connectivity index (χ4v) is 2.83. The SMILES string of the molecule is Clc1ccc([C@@H](C2CCCNC2)n2ncnn2)cc1. The first kappa shape index (κ1) is 12.6. The van der Waals surface area contributed by atoms with Gasteiger partial charge in [-0.1, -0.05) is 23.7 Å². The van der Waals surface area contributed by atoms with Gasteiger partial charge in [0.15, 0.2) is 6.33 Å². The number of benzene rings is 1. The molecule has 2 heterocycles. The summed E-state index contributed by atoms with van der Waals surface area (Å²) in [5.41, 5.74) is 1.18. The number of piperidine rings is 1. The summed E-state index contributed by atoms with van der Waals surface area (Å²) in [4.78, 5) is 1.71. The van der Waals surface area contributed by atoms with Gasteiger partial charge in [-0.05, 0) is 48.2 Å². The van der Waals surface area contributed by atoms with Crippen molar-refractivity contribution in [1.82, 2.24) is 25.5 Å². The second kappa shape index (κ2) is 5.67. The summed E-state index contributed by atoms with van der Waals surface area (Å²) in [5.74, 6) is 0.476. The van der Waals surface area contributed by atoms with E-state index in [-0.39, 0.29) is 6.04 Å². The summed E-state index contributed by atoms with van der Waals surface area (Å²) in [6.45, 7) is 2.07. The Hall–Kier alpha value is -1.46. The van der Waals surface area contributed by atoms with Gasteiger partial charge in [0, 0.05) is 11.6 Å². The van der Waals surface area contributed by atoms with Crippen LogP contribution in [0.2, 0.25) is 5.02 Å². The number of rotatable bonds is 3. The van der Waals surface area contributed by atoms with E-state index in [1.165, 1.54) is 24.7 Å². The number of nitrogens with one attached hydrogen (secondary N) is 1. The first-order valence-electron chi connectivity index (χ1n) is 6.53. The van der Waals surface area contributed by atoms with Crippen LogP contribution in [-0.2, 0) is 0 Å². The van der Waals surface area contributed by atoms with Crippen molar-refractivity contribution in [2.24, 2.45) is 5.92 Å². The van der Waals surface area contributed by atoms with Gasteiger partial charge in [0.2, 0.25) is 0 Å². The van der Waals surface area contributed by atoms with Crippen LogP contribution in [0.25, 0.3) is 0 Å². The number of nitrogens with zero attached hydrogens (tertiary/aromatic N) is 4. The van der Waals surface area contributed by atoms with Gasteiger partial charge in [0.25, 0.3) is 0 Å². The molecule has 1 unspecified atom stereocenters. The molecule has 2 atom stereocenters. The normalized spacial score (nSPS) is 21.2. The Morgan fingerprint density at radius 3 is 2.79 bits per heavy atom. The van der Waals surface area contributed by atoms with Gasteiger partial charge in [0.05, 0.1) is 0 Å². The van der Waals surface area contributed by atoms with Crippen LogP contribution in [0.15, 0.2) is 30.6 Å². The quantitative estimate of drug-likeness (QED) is 0.931. The Labute approximate surface area is 117 Å². The molecule has 0 spiro atoms. The van der Waals surface area contributed by atoms with Crippen molar-refractivity contribution in [3.8, 4) is 0 Å². The summed E-state index contributed by atoms with van der Waals surface area (Å²) >= 11 is 5.96. The highest BCUT2D eigenvalue weighted by Gasteiger charge is 2.28. The predicted octanol–water partition coefficient (Wildman–Crippen LogP) is 1.92. The largest absolute Gasteiger partial charge is 0.316 e. The van der Waals surface area contributed by atoms with Crippen molar-refractivity contribution in [2.45, 2.75) is 18.9 Å². The molecule has 1 aliphatic rings. The van der Waals surface area contributed by atoms with Crippen molar-refractivity contribution < 1.29 is 0 Å². The fourth-order valence-electron chi connectivity index (χ4n) is 2.70. The van der Waals surface area contributed by atoms with E-state index in [4.69, 9.17) is 11.6 Å². The number of tetrazole rings is 1. The Morgan fingerprint density at radius 2 is 2.16 bits per heavy atom. The van der Waals surface area contributed by atoms with E-state index in [0.29, 0.717) is 5.92 Å². The number of aromatic nitrogens is 4. The molecule has 0 aliphatic carbocycles. The van der Waals surface area contributed by atoms with E-state index in [1.54, 1.807) is 4.80 Å². The van der Waals surface area contributed by atoms with E-state index < -0.39 is 0 Å². The summed E-state index contributed by atoms with van der Waals surface area (Å²) in [6.07, 6.45) is 3.84. The van der Waals surface area contributed by atoms with E-state index in [2.05, 4.69) is 20.7 Å². The van der Waals surface area contributed by atoms with Crippen LogP contribution in [0.3, 0.4) is 0 Å². The maximum atomic E-state index is 5.96. The monoisotopic (exact) mass is 277 g/mol. The van der Waals surface area contributed by atoms with Crippen LogP contribution in [0, 0.1) is 5.92 Å². The van der Waals surface area contributed by atoms with Gasteiger partial charge < -0.3 is 5.32 Å². The third kappa shape index (κ3) is 2.77. The summed E-state index contributed by atoms with van der Waals surface area (Å²) in [5, 5.41) is 16.3. The Bertz CT molecular complexity index is 504. The zero-order chi connectivity index (χ0) is 13.1. The molecule has 1 aromatic carbocycles. The minimum Gasteiger partial charge on any atom is -0.316 e. The molecule has 19 heavy (non-hydrogen) atoms. The first-order chi connectivity index (χ1) is 9.34. The molecule has 0 amide bonds. The minimum absolute atomic E-state index is 0.118. The highest BCUT2D eigenvalue weighted by atomic mass is 35.5. The molecule has 6 heteroatoms. The molecule has 1 saturated heterocycles. The smallest absolute Gasteiger partial charge is 0.162 e. The van der Waals surface area contributed by atoms with Gasteiger partial charge in [-0.2, -0.15) is 4.80 Å². The lowest BCUT2D eigenvalue weighted by Gasteiger charge is -2.30. The molecule has 5 nitrogen and oxygen atoms in total. The van der Waals surface area contributed by atoms with E-state index >= 15 is 0 Å². The fraction of sp³-hybridized carbons (Fsp3) is 0.462. The molecule has 0 radical (unpaired) electrons. The van der Waals surface area contributed by atoms with Crippen LogP contribution in [0.4, 0.5) is 0 Å². The van der Waals surface area contributed by atoms with Crippen LogP contribution in [-0.4, -0.2) is 33.3 Å². The highest BCUT2D eigenvalue weighted by molar-refractivity contribution is 6.30. The van der Waals surface area contributed by atoms with Gasteiger partial charge in [-0.3, -0.25) is 0 Å². The summed E-state index contributed by atoms with van der Waals surface area (Å²) in [7, 11) is 0. The molecule has 1 N–H and O–H groups in total. The second-order valence-electron chi connectivity index (χ2n) is 4.86. The Balaban J connectivity index is 1.93.